The van der Waals surface area contributed by atoms with Crippen molar-refractivity contribution in [2.45, 2.75) is 30.3 Å². The van der Waals surface area contributed by atoms with Gasteiger partial charge in [0.1, 0.15) is 0 Å². The minimum absolute atomic E-state index is 0. The monoisotopic (exact) mass is 381 g/mol. The Morgan fingerprint density at radius 3 is 2.52 bits per heavy atom. The van der Waals surface area contributed by atoms with E-state index in [1.807, 2.05) is 0 Å². The lowest BCUT2D eigenvalue weighted by molar-refractivity contribution is -0.133. The van der Waals surface area contributed by atoms with E-state index in [-0.39, 0.29) is 29.3 Å². The summed E-state index contributed by atoms with van der Waals surface area (Å²) in [6, 6.07) is 5.10. The molecule has 0 spiro atoms. The molecule has 1 heterocycles. The number of rotatable bonds is 5. The lowest BCUT2D eigenvalue weighted by Crippen LogP contribution is -2.49. The lowest BCUT2D eigenvalue weighted by atomic mass is 10.2. The first-order valence-corrected chi connectivity index (χ1v) is 8.92. The molecule has 0 saturated carbocycles. The van der Waals surface area contributed by atoms with Gasteiger partial charge in [-0.05, 0) is 44.2 Å². The molecule has 130 valence electrons. The van der Waals surface area contributed by atoms with Crippen molar-refractivity contribution in [3.05, 3.63) is 29.3 Å². The number of amides is 1. The molecule has 1 amide bonds. The van der Waals surface area contributed by atoms with Crippen molar-refractivity contribution in [2.24, 2.45) is 0 Å². The van der Waals surface area contributed by atoms with E-state index >= 15 is 0 Å². The number of sulfonamides is 1. The van der Waals surface area contributed by atoms with Gasteiger partial charge in [-0.1, -0.05) is 11.6 Å². The normalized spacial score (nSPS) is 19.0. The van der Waals surface area contributed by atoms with Gasteiger partial charge in [0, 0.05) is 24.7 Å². The molecule has 2 rings (SSSR count). The van der Waals surface area contributed by atoms with E-state index < -0.39 is 16.1 Å². The van der Waals surface area contributed by atoms with Gasteiger partial charge in [-0.3, -0.25) is 4.79 Å². The zero-order valence-corrected chi connectivity index (χ0v) is 15.3. The van der Waals surface area contributed by atoms with Crippen LogP contribution >= 0.6 is 24.0 Å². The molecule has 0 bridgehead atoms. The third kappa shape index (κ3) is 5.06. The first kappa shape index (κ1) is 20.2. The van der Waals surface area contributed by atoms with Crippen LogP contribution in [-0.2, 0) is 14.8 Å². The Kier molecular flexibility index (Phi) is 7.29. The number of carbonyl (C=O) groups excluding carboxylic acids is 1. The van der Waals surface area contributed by atoms with Crippen LogP contribution in [0.25, 0.3) is 0 Å². The summed E-state index contributed by atoms with van der Waals surface area (Å²) in [4.78, 5) is 14.0. The molecule has 6 nitrogen and oxygen atoms in total. The highest BCUT2D eigenvalue weighted by Gasteiger charge is 2.29. The topological polar surface area (TPSA) is 78.5 Å². The van der Waals surface area contributed by atoms with E-state index in [0.29, 0.717) is 5.02 Å². The summed E-state index contributed by atoms with van der Waals surface area (Å²) in [7, 11) is -2.05. The Hall–Kier alpha value is -0.860. The van der Waals surface area contributed by atoms with Gasteiger partial charge in [0.2, 0.25) is 15.9 Å². The molecule has 23 heavy (non-hydrogen) atoms. The molecule has 2 N–H and O–H groups in total. The summed E-state index contributed by atoms with van der Waals surface area (Å²) < 4.78 is 26.9. The summed E-state index contributed by atoms with van der Waals surface area (Å²) in [5, 5.41) is 3.64. The summed E-state index contributed by atoms with van der Waals surface area (Å²) in [6.07, 6.45) is 0.874. The average Bonchev–Trinajstić information content (AvgIpc) is 2.99. The fraction of sp³-hybridized carbons (Fsp3) is 0.500. The molecule has 1 aliphatic rings. The Morgan fingerprint density at radius 1 is 1.39 bits per heavy atom. The summed E-state index contributed by atoms with van der Waals surface area (Å²) >= 11 is 5.75. The van der Waals surface area contributed by atoms with Gasteiger partial charge in [0.25, 0.3) is 0 Å². The Labute approximate surface area is 148 Å². The van der Waals surface area contributed by atoms with Gasteiger partial charge in [0.15, 0.2) is 0 Å². The second kappa shape index (κ2) is 8.30. The molecule has 2 unspecified atom stereocenters. The van der Waals surface area contributed by atoms with E-state index in [1.165, 1.54) is 24.3 Å². The summed E-state index contributed by atoms with van der Waals surface area (Å²) in [6.45, 7) is 3.15. The van der Waals surface area contributed by atoms with Crippen LogP contribution in [0.3, 0.4) is 0 Å². The van der Waals surface area contributed by atoms with E-state index in [9.17, 15) is 13.2 Å². The van der Waals surface area contributed by atoms with Crippen molar-refractivity contribution >= 4 is 39.9 Å². The number of hydrogen-bond donors (Lipinski definition) is 2. The van der Waals surface area contributed by atoms with Crippen molar-refractivity contribution in [3.63, 3.8) is 0 Å². The van der Waals surface area contributed by atoms with Gasteiger partial charge in [-0.2, -0.15) is 4.72 Å². The maximum absolute atomic E-state index is 12.3. The predicted octanol–water partition coefficient (Wildman–Crippen LogP) is 1.25. The van der Waals surface area contributed by atoms with Gasteiger partial charge in [-0.15, -0.1) is 12.4 Å². The van der Waals surface area contributed by atoms with Crippen LogP contribution in [0.5, 0.6) is 0 Å². The van der Waals surface area contributed by atoms with Crippen molar-refractivity contribution in [1.29, 1.82) is 0 Å². The molecule has 1 fully saturated rings. The van der Waals surface area contributed by atoms with Crippen LogP contribution in [0.1, 0.15) is 13.3 Å². The standard InChI is InChI=1S/C14H20ClN3O3S.ClH/c1-10(14(19)18(2)12-7-8-16-9-12)17-22(20,21)13-5-3-11(15)4-6-13;/h3-6,10,12,16-17H,7-9H2,1-2H3;1H. The number of nitrogens with zero attached hydrogens (tertiary/aromatic N) is 1. The number of benzene rings is 1. The van der Waals surface area contributed by atoms with Crippen LogP contribution < -0.4 is 10.0 Å². The van der Waals surface area contributed by atoms with Crippen LogP contribution in [-0.4, -0.2) is 51.4 Å². The fourth-order valence-electron chi connectivity index (χ4n) is 2.42. The Bertz CT molecular complexity index is 631. The maximum Gasteiger partial charge on any atom is 0.241 e. The lowest BCUT2D eigenvalue weighted by Gasteiger charge is -2.27. The highest BCUT2D eigenvalue weighted by atomic mass is 35.5. The predicted molar refractivity (Wildman–Crippen MR) is 92.5 cm³/mol. The number of hydrogen-bond acceptors (Lipinski definition) is 4. The molecule has 1 saturated heterocycles. The second-order valence-corrected chi connectivity index (χ2v) is 7.54. The first-order valence-electron chi connectivity index (χ1n) is 7.06. The molecule has 0 radical (unpaired) electrons. The zero-order valence-electron chi connectivity index (χ0n) is 13.0. The molecule has 0 aromatic heterocycles. The van der Waals surface area contributed by atoms with E-state index in [4.69, 9.17) is 11.6 Å². The average molecular weight is 382 g/mol. The quantitative estimate of drug-likeness (QED) is 0.804. The van der Waals surface area contributed by atoms with E-state index in [1.54, 1.807) is 18.9 Å². The molecule has 1 aliphatic heterocycles. The fourth-order valence-corrected chi connectivity index (χ4v) is 3.74. The Balaban J connectivity index is 0.00000264. The van der Waals surface area contributed by atoms with Crippen molar-refractivity contribution in [3.8, 4) is 0 Å². The minimum Gasteiger partial charge on any atom is -0.340 e. The first-order chi connectivity index (χ1) is 10.3. The molecular formula is C14H21Cl2N3O3S. The highest BCUT2D eigenvalue weighted by Crippen LogP contribution is 2.15. The van der Waals surface area contributed by atoms with Crippen LogP contribution in [0, 0.1) is 0 Å². The number of nitrogens with one attached hydrogen (secondary N) is 2. The largest absolute Gasteiger partial charge is 0.340 e. The van der Waals surface area contributed by atoms with Gasteiger partial charge < -0.3 is 10.2 Å². The number of likely N-dealkylation sites (N-methyl/N-ethyl adjacent to an activating group) is 1. The van der Waals surface area contributed by atoms with Gasteiger partial charge in [-0.25, -0.2) is 8.42 Å². The van der Waals surface area contributed by atoms with Crippen molar-refractivity contribution in [2.75, 3.05) is 20.1 Å². The molecule has 1 aromatic carbocycles. The van der Waals surface area contributed by atoms with Crippen molar-refractivity contribution < 1.29 is 13.2 Å². The SMILES string of the molecule is CC(NS(=O)(=O)c1ccc(Cl)cc1)C(=O)N(C)C1CCNC1.Cl. The number of carbonyl (C=O) groups is 1. The van der Waals surface area contributed by atoms with Crippen molar-refractivity contribution in [1.82, 2.24) is 14.9 Å². The zero-order chi connectivity index (χ0) is 16.3. The van der Waals surface area contributed by atoms with Gasteiger partial charge >= 0.3 is 0 Å². The van der Waals surface area contributed by atoms with Crippen LogP contribution in [0.4, 0.5) is 0 Å². The molecule has 2 atom stereocenters. The van der Waals surface area contributed by atoms with Crippen LogP contribution in [0.2, 0.25) is 5.02 Å². The van der Waals surface area contributed by atoms with Crippen LogP contribution in [0.15, 0.2) is 29.2 Å². The summed E-state index contributed by atoms with van der Waals surface area (Å²) in [5.74, 6) is -0.244. The van der Waals surface area contributed by atoms with Gasteiger partial charge in [0.05, 0.1) is 10.9 Å². The third-order valence-corrected chi connectivity index (χ3v) is 5.56. The van der Waals surface area contributed by atoms with E-state index in [2.05, 4.69) is 10.0 Å². The minimum atomic E-state index is -3.75. The Morgan fingerprint density at radius 2 is 2.00 bits per heavy atom. The molecular weight excluding hydrogens is 361 g/mol. The van der Waals surface area contributed by atoms with E-state index in [0.717, 1.165) is 19.5 Å². The molecule has 9 heteroatoms. The second-order valence-electron chi connectivity index (χ2n) is 5.39. The number of halogens is 2. The maximum atomic E-state index is 12.3. The molecule has 1 aromatic rings. The molecule has 0 aliphatic carbocycles. The smallest absolute Gasteiger partial charge is 0.241 e. The third-order valence-electron chi connectivity index (χ3n) is 3.76. The highest BCUT2D eigenvalue weighted by molar-refractivity contribution is 7.89. The summed E-state index contributed by atoms with van der Waals surface area (Å²) in [5.41, 5.74) is 0.